The van der Waals surface area contributed by atoms with Gasteiger partial charge in [0, 0.05) is 0 Å². The van der Waals surface area contributed by atoms with E-state index in [2.05, 4.69) is 97.1 Å². The number of halogens is 2. The molecule has 0 atom stereocenters. The van der Waals surface area contributed by atoms with Crippen LogP contribution in [0.4, 0.5) is 0 Å². The van der Waals surface area contributed by atoms with E-state index in [1.54, 1.807) is 0 Å². The molecule has 0 unspecified atom stereocenters. The van der Waals surface area contributed by atoms with Gasteiger partial charge in [0.25, 0.3) is 0 Å². The fraction of sp³-hybridized carbons (Fsp3) is 0.111. The van der Waals surface area contributed by atoms with Gasteiger partial charge in [0.05, 0.1) is 0 Å². The first-order valence-electron chi connectivity index (χ1n) is 9.59. The van der Waals surface area contributed by atoms with E-state index in [4.69, 9.17) is 0 Å². The third-order valence-corrected chi connectivity index (χ3v) is 5.40. The van der Waals surface area contributed by atoms with E-state index in [0.29, 0.717) is 0 Å². The van der Waals surface area contributed by atoms with Crippen LogP contribution in [0.1, 0.15) is 33.4 Å². The first kappa shape index (κ1) is 24.6. The van der Waals surface area contributed by atoms with Gasteiger partial charge in [-0.05, 0) is 41.5 Å². The molecule has 1 aliphatic rings. The minimum Gasteiger partial charge on any atom is -1.00 e. The Hall–Kier alpha value is -1.66. The van der Waals surface area contributed by atoms with Crippen LogP contribution < -0.4 is 24.8 Å². The normalized spacial score (nSPS) is 10.7. The van der Waals surface area contributed by atoms with Gasteiger partial charge in [0.15, 0.2) is 0 Å². The second-order valence-electron chi connectivity index (χ2n) is 7.37. The maximum atomic E-state index is 3.69. The minimum absolute atomic E-state index is 0. The number of rotatable bonds is 4. The summed E-state index contributed by atoms with van der Waals surface area (Å²) in [7, 11) is 0. The van der Waals surface area contributed by atoms with E-state index in [9.17, 15) is 0 Å². The molecule has 30 heavy (non-hydrogen) atoms. The first-order valence-corrected chi connectivity index (χ1v) is 9.59. The van der Waals surface area contributed by atoms with Gasteiger partial charge in [-0.3, -0.25) is 0 Å². The van der Waals surface area contributed by atoms with E-state index in [-0.39, 0.29) is 51.0 Å². The molecule has 0 aliphatic heterocycles. The third kappa shape index (κ3) is 5.33. The molecule has 0 saturated carbocycles. The maximum absolute atomic E-state index is 3.69. The van der Waals surface area contributed by atoms with Gasteiger partial charge in [-0.25, -0.2) is 0 Å². The molecule has 3 heteroatoms. The molecule has 4 aromatic carbocycles. The van der Waals surface area contributed by atoms with Crippen LogP contribution in [0.15, 0.2) is 91.0 Å². The third-order valence-electron chi connectivity index (χ3n) is 5.40. The molecule has 5 rings (SSSR count). The second kappa shape index (κ2) is 11.1. The van der Waals surface area contributed by atoms with Crippen LogP contribution in [0.3, 0.4) is 0 Å². The van der Waals surface area contributed by atoms with Gasteiger partial charge < -0.3 is 24.8 Å². The monoisotopic (exact) mass is 505 g/mol. The van der Waals surface area contributed by atoms with Crippen LogP contribution in [0, 0.1) is 6.07 Å². The van der Waals surface area contributed by atoms with Gasteiger partial charge in [-0.1, -0.05) is 84.4 Å². The molecule has 0 nitrogen and oxygen atoms in total. The molecule has 0 amide bonds. The van der Waals surface area contributed by atoms with Crippen molar-refractivity contribution in [1.82, 2.24) is 0 Å². The SMILES string of the molecule is [Cl-].[Cl-].[Zr+3].[c-]1c(Cc2ccccc2)ccc2c1Cc1cc(Cc3ccccc3)ccc1-2. The average Bonchev–Trinajstić information content (AvgIpc) is 3.06. The zero-order chi connectivity index (χ0) is 18.1. The summed E-state index contributed by atoms with van der Waals surface area (Å²) >= 11 is 0. The Kier molecular flexibility index (Phi) is 9.11. The molecule has 0 fully saturated rings. The molecule has 0 aromatic heterocycles. The summed E-state index contributed by atoms with van der Waals surface area (Å²) in [5, 5.41) is 0. The van der Waals surface area contributed by atoms with Crippen LogP contribution in [0.25, 0.3) is 11.1 Å². The Bertz CT molecular complexity index is 1000. The van der Waals surface area contributed by atoms with E-state index >= 15 is 0 Å². The molecule has 0 spiro atoms. The fourth-order valence-electron chi connectivity index (χ4n) is 4.09. The largest absolute Gasteiger partial charge is 3.00 e. The number of hydrogen-bond acceptors (Lipinski definition) is 0. The number of benzene rings is 4. The van der Waals surface area contributed by atoms with Gasteiger partial charge in [-0.2, -0.15) is 23.8 Å². The van der Waals surface area contributed by atoms with Crippen molar-refractivity contribution < 1.29 is 51.0 Å². The first-order chi connectivity index (χ1) is 13.3. The maximum Gasteiger partial charge on any atom is 3.00 e. The summed E-state index contributed by atoms with van der Waals surface area (Å²) in [6.45, 7) is 0. The molecular formula is C27H21Cl2Zr. The van der Waals surface area contributed by atoms with Crippen LogP contribution in [-0.2, 0) is 45.5 Å². The fourth-order valence-corrected chi connectivity index (χ4v) is 4.09. The van der Waals surface area contributed by atoms with Crippen molar-refractivity contribution in [2.75, 3.05) is 0 Å². The summed E-state index contributed by atoms with van der Waals surface area (Å²) in [4.78, 5) is 0. The van der Waals surface area contributed by atoms with Gasteiger partial charge in [-0.15, -0.1) is 11.1 Å². The van der Waals surface area contributed by atoms with Crippen molar-refractivity contribution in [2.24, 2.45) is 0 Å². The Balaban J connectivity index is 0.00000107. The minimum atomic E-state index is 0. The smallest absolute Gasteiger partial charge is 1.00 e. The molecule has 1 radical (unpaired) electrons. The Labute approximate surface area is 210 Å². The molecule has 0 N–H and O–H groups in total. The van der Waals surface area contributed by atoms with Gasteiger partial charge in [0.2, 0.25) is 0 Å². The second-order valence-corrected chi connectivity index (χ2v) is 7.37. The Morgan fingerprint density at radius 3 is 1.87 bits per heavy atom. The zero-order valence-electron chi connectivity index (χ0n) is 16.5. The topological polar surface area (TPSA) is 0 Å². The number of fused-ring (bicyclic) bond motifs is 3. The molecule has 4 aromatic rings. The quantitative estimate of drug-likeness (QED) is 0.306. The Morgan fingerprint density at radius 2 is 1.20 bits per heavy atom. The van der Waals surface area contributed by atoms with Crippen LogP contribution in [-0.4, -0.2) is 0 Å². The molecule has 0 bridgehead atoms. The van der Waals surface area contributed by atoms with Crippen molar-refractivity contribution in [3.05, 3.63) is 130 Å². The van der Waals surface area contributed by atoms with Crippen LogP contribution in [0.5, 0.6) is 0 Å². The summed E-state index contributed by atoms with van der Waals surface area (Å²) < 4.78 is 0. The van der Waals surface area contributed by atoms with Crippen molar-refractivity contribution in [1.29, 1.82) is 0 Å². The zero-order valence-corrected chi connectivity index (χ0v) is 20.5. The van der Waals surface area contributed by atoms with Gasteiger partial charge in [0.1, 0.15) is 0 Å². The summed E-state index contributed by atoms with van der Waals surface area (Å²) in [6, 6.07) is 36.5. The molecule has 147 valence electrons. The molecule has 0 heterocycles. The Morgan fingerprint density at radius 1 is 0.600 bits per heavy atom. The average molecular weight is 508 g/mol. The van der Waals surface area contributed by atoms with Crippen LogP contribution in [0.2, 0.25) is 0 Å². The van der Waals surface area contributed by atoms with Crippen molar-refractivity contribution in [3.63, 3.8) is 0 Å². The predicted molar refractivity (Wildman–Crippen MR) is 112 cm³/mol. The van der Waals surface area contributed by atoms with E-state index in [1.807, 2.05) is 0 Å². The van der Waals surface area contributed by atoms with Gasteiger partial charge >= 0.3 is 26.2 Å². The van der Waals surface area contributed by atoms with E-state index in [1.165, 1.54) is 44.5 Å². The standard InChI is InChI=1S/C27H21.2ClH.Zr/c1-3-7-20(8-4-1)15-22-11-13-26-24(17-22)19-25-18-23(12-14-27(25)26)16-21-9-5-2-6-10-21;;;/h1-14,17H,15-16,19H2;2*1H;/q-1;;;+3/p-2. The van der Waals surface area contributed by atoms with Crippen molar-refractivity contribution in [3.8, 4) is 11.1 Å². The molecule has 1 aliphatic carbocycles. The number of hydrogen-bond donors (Lipinski definition) is 0. The molecular weight excluding hydrogens is 486 g/mol. The van der Waals surface area contributed by atoms with Crippen molar-refractivity contribution >= 4 is 0 Å². The predicted octanol–water partition coefficient (Wildman–Crippen LogP) is 0.245. The molecule has 0 saturated heterocycles. The van der Waals surface area contributed by atoms with E-state index < -0.39 is 0 Å². The van der Waals surface area contributed by atoms with Crippen molar-refractivity contribution in [2.45, 2.75) is 19.3 Å². The summed E-state index contributed by atoms with van der Waals surface area (Å²) in [6.07, 6.45) is 2.94. The summed E-state index contributed by atoms with van der Waals surface area (Å²) in [5.74, 6) is 0. The summed E-state index contributed by atoms with van der Waals surface area (Å²) in [5.41, 5.74) is 10.9. The van der Waals surface area contributed by atoms with E-state index in [0.717, 1.165) is 19.3 Å². The van der Waals surface area contributed by atoms with Crippen LogP contribution >= 0.6 is 0 Å².